The molecule has 2 aromatic heterocycles. The van der Waals surface area contributed by atoms with E-state index in [9.17, 15) is 0 Å². The molecule has 0 aromatic carbocycles. The van der Waals surface area contributed by atoms with Gasteiger partial charge in [0.15, 0.2) is 0 Å². The molecule has 3 nitrogen and oxygen atoms in total. The van der Waals surface area contributed by atoms with E-state index in [-0.39, 0.29) is 0 Å². The average molecular weight is 289 g/mol. The van der Waals surface area contributed by atoms with Crippen LogP contribution in [0.5, 0.6) is 0 Å². The van der Waals surface area contributed by atoms with Gasteiger partial charge in [0.2, 0.25) is 0 Å². The topological polar surface area (TPSA) is 28.2 Å². The number of anilines is 1. The van der Waals surface area contributed by atoms with Gasteiger partial charge >= 0.3 is 0 Å². The minimum Gasteiger partial charge on any atom is -0.381 e. The highest BCUT2D eigenvalue weighted by molar-refractivity contribution is 7.17. The number of nitrogens with one attached hydrogen (secondary N) is 1. The Kier molecular flexibility index (Phi) is 3.69. The molecular formula is C16H23N3S. The third kappa shape index (κ3) is 2.81. The summed E-state index contributed by atoms with van der Waals surface area (Å²) in [6, 6.07) is 4.78. The van der Waals surface area contributed by atoms with E-state index in [1.807, 2.05) is 6.20 Å². The highest BCUT2D eigenvalue weighted by atomic mass is 32.1. The van der Waals surface area contributed by atoms with E-state index in [2.05, 4.69) is 53.5 Å². The van der Waals surface area contributed by atoms with Crippen LogP contribution in [0.25, 0.3) is 10.2 Å². The monoisotopic (exact) mass is 289 g/mol. The van der Waals surface area contributed by atoms with Crippen LogP contribution >= 0.6 is 11.3 Å². The molecule has 1 N–H and O–H groups in total. The fraction of sp³-hybridized carbons (Fsp3) is 0.562. The van der Waals surface area contributed by atoms with Crippen molar-refractivity contribution in [1.82, 2.24) is 9.88 Å². The summed E-state index contributed by atoms with van der Waals surface area (Å²) in [4.78, 5) is 6.98. The van der Waals surface area contributed by atoms with Crippen molar-refractivity contribution in [3.8, 4) is 0 Å². The zero-order chi connectivity index (χ0) is 14.2. The van der Waals surface area contributed by atoms with E-state index in [1.54, 1.807) is 11.3 Å². The van der Waals surface area contributed by atoms with Gasteiger partial charge in [0.1, 0.15) is 0 Å². The van der Waals surface area contributed by atoms with Crippen LogP contribution in [0.2, 0.25) is 0 Å². The molecule has 0 bridgehead atoms. The van der Waals surface area contributed by atoms with Gasteiger partial charge in [0.05, 0.1) is 15.9 Å². The van der Waals surface area contributed by atoms with E-state index in [0.29, 0.717) is 11.6 Å². The molecule has 0 unspecified atom stereocenters. The number of piperidine rings is 1. The zero-order valence-electron chi connectivity index (χ0n) is 12.5. The molecule has 0 radical (unpaired) electrons. The predicted octanol–water partition coefficient (Wildman–Crippen LogP) is 3.97. The van der Waals surface area contributed by atoms with E-state index >= 15 is 0 Å². The van der Waals surface area contributed by atoms with Crippen molar-refractivity contribution in [2.24, 2.45) is 0 Å². The summed E-state index contributed by atoms with van der Waals surface area (Å²) in [5.41, 5.74) is 2.65. The number of hydrogen-bond donors (Lipinski definition) is 1. The molecule has 4 heteroatoms. The summed E-state index contributed by atoms with van der Waals surface area (Å²) in [6.45, 7) is 9.27. The fourth-order valence-electron chi connectivity index (χ4n) is 2.90. The zero-order valence-corrected chi connectivity index (χ0v) is 13.3. The maximum absolute atomic E-state index is 4.40. The maximum atomic E-state index is 4.40. The maximum Gasteiger partial charge on any atom is 0.0830 e. The van der Waals surface area contributed by atoms with Crippen molar-refractivity contribution in [3.63, 3.8) is 0 Å². The summed E-state index contributed by atoms with van der Waals surface area (Å²) in [7, 11) is 0. The van der Waals surface area contributed by atoms with Crippen LogP contribution < -0.4 is 5.32 Å². The SMILES string of the molecule is CC(C)(C)N1CCC(Nc2ccnc3ccsc23)CC1. The number of aromatic nitrogens is 1. The minimum absolute atomic E-state index is 0.294. The van der Waals surface area contributed by atoms with E-state index in [4.69, 9.17) is 0 Å². The Bertz CT molecular complexity index is 577. The second-order valence-corrected chi connectivity index (χ2v) is 7.49. The molecule has 0 amide bonds. The van der Waals surface area contributed by atoms with Crippen molar-refractivity contribution < 1.29 is 0 Å². The van der Waals surface area contributed by atoms with Gasteiger partial charge in [-0.2, -0.15) is 0 Å². The first-order valence-corrected chi connectivity index (χ1v) is 8.26. The van der Waals surface area contributed by atoms with E-state index < -0.39 is 0 Å². The van der Waals surface area contributed by atoms with Gasteiger partial charge in [0.25, 0.3) is 0 Å². The standard InChI is InChI=1S/C16H23N3S/c1-16(2,3)19-9-5-12(6-10-19)18-14-4-8-17-13-7-11-20-15(13)14/h4,7-8,11-12H,5-6,9-10H2,1-3H3,(H,17,18). The van der Waals surface area contributed by atoms with E-state index in [0.717, 1.165) is 5.52 Å². The molecule has 0 aliphatic carbocycles. The molecular weight excluding hydrogens is 266 g/mol. The Morgan fingerprint density at radius 1 is 1.25 bits per heavy atom. The number of nitrogens with zero attached hydrogens (tertiary/aromatic N) is 2. The van der Waals surface area contributed by atoms with Gasteiger partial charge in [-0.05, 0) is 51.1 Å². The molecule has 20 heavy (non-hydrogen) atoms. The highest BCUT2D eigenvalue weighted by Crippen LogP contribution is 2.29. The van der Waals surface area contributed by atoms with Crippen LogP contribution in [0.4, 0.5) is 5.69 Å². The number of thiophene rings is 1. The molecule has 3 heterocycles. The van der Waals surface area contributed by atoms with Gasteiger partial charge in [0, 0.05) is 30.9 Å². The van der Waals surface area contributed by atoms with Crippen molar-refractivity contribution in [1.29, 1.82) is 0 Å². The van der Waals surface area contributed by atoms with Gasteiger partial charge in [-0.3, -0.25) is 9.88 Å². The van der Waals surface area contributed by atoms with Gasteiger partial charge in [-0.15, -0.1) is 11.3 Å². The Hall–Kier alpha value is -1.13. The predicted molar refractivity (Wildman–Crippen MR) is 87.6 cm³/mol. The smallest absolute Gasteiger partial charge is 0.0830 e. The Morgan fingerprint density at radius 2 is 2.00 bits per heavy atom. The molecule has 1 saturated heterocycles. The van der Waals surface area contributed by atoms with Crippen LogP contribution in [0, 0.1) is 0 Å². The molecule has 1 aliphatic rings. The normalized spacial score (nSPS) is 18.6. The Balaban J connectivity index is 1.67. The summed E-state index contributed by atoms with van der Waals surface area (Å²) in [6.07, 6.45) is 4.33. The van der Waals surface area contributed by atoms with E-state index in [1.165, 1.54) is 36.3 Å². The number of pyridine rings is 1. The van der Waals surface area contributed by atoms with Crippen molar-refractivity contribution in [2.45, 2.75) is 45.2 Å². The second kappa shape index (κ2) is 5.34. The van der Waals surface area contributed by atoms with Crippen LogP contribution in [0.1, 0.15) is 33.6 Å². The summed E-state index contributed by atoms with van der Waals surface area (Å²) >= 11 is 1.77. The van der Waals surface area contributed by atoms with Crippen LogP contribution in [-0.4, -0.2) is 34.6 Å². The first-order valence-electron chi connectivity index (χ1n) is 7.38. The minimum atomic E-state index is 0.294. The highest BCUT2D eigenvalue weighted by Gasteiger charge is 2.27. The lowest BCUT2D eigenvalue weighted by Crippen LogP contribution is -2.48. The van der Waals surface area contributed by atoms with Gasteiger partial charge in [-0.1, -0.05) is 0 Å². The first-order chi connectivity index (χ1) is 9.54. The van der Waals surface area contributed by atoms with Crippen LogP contribution in [0.3, 0.4) is 0 Å². The molecule has 0 atom stereocenters. The lowest BCUT2D eigenvalue weighted by Gasteiger charge is -2.41. The Morgan fingerprint density at radius 3 is 2.70 bits per heavy atom. The number of hydrogen-bond acceptors (Lipinski definition) is 4. The third-order valence-electron chi connectivity index (χ3n) is 4.15. The number of rotatable bonds is 2. The second-order valence-electron chi connectivity index (χ2n) is 6.57. The average Bonchev–Trinajstić information content (AvgIpc) is 2.88. The number of fused-ring (bicyclic) bond motifs is 1. The molecule has 0 saturated carbocycles. The molecule has 108 valence electrons. The molecule has 0 spiro atoms. The number of likely N-dealkylation sites (tertiary alicyclic amines) is 1. The summed E-state index contributed by atoms with van der Waals surface area (Å²) in [5.74, 6) is 0. The van der Waals surface area contributed by atoms with Crippen LogP contribution in [-0.2, 0) is 0 Å². The molecule has 2 aromatic rings. The quantitative estimate of drug-likeness (QED) is 0.906. The first kappa shape index (κ1) is 13.8. The van der Waals surface area contributed by atoms with Crippen molar-refractivity contribution in [2.75, 3.05) is 18.4 Å². The Labute approximate surface area is 125 Å². The lowest BCUT2D eigenvalue weighted by molar-refractivity contribution is 0.106. The summed E-state index contributed by atoms with van der Waals surface area (Å²) < 4.78 is 1.28. The largest absolute Gasteiger partial charge is 0.381 e. The fourth-order valence-corrected chi connectivity index (χ4v) is 3.73. The van der Waals surface area contributed by atoms with Crippen molar-refractivity contribution in [3.05, 3.63) is 23.7 Å². The molecule has 1 aliphatic heterocycles. The molecule has 3 rings (SSSR count). The third-order valence-corrected chi connectivity index (χ3v) is 5.08. The summed E-state index contributed by atoms with van der Waals surface area (Å²) in [5, 5.41) is 5.84. The van der Waals surface area contributed by atoms with Gasteiger partial charge in [-0.25, -0.2) is 0 Å². The lowest BCUT2D eigenvalue weighted by atomic mass is 9.98. The van der Waals surface area contributed by atoms with Crippen LogP contribution in [0.15, 0.2) is 23.7 Å². The molecule has 1 fully saturated rings. The van der Waals surface area contributed by atoms with Crippen molar-refractivity contribution >= 4 is 27.2 Å². The van der Waals surface area contributed by atoms with Gasteiger partial charge < -0.3 is 5.32 Å².